The molecule has 2 aliphatic rings. The Labute approximate surface area is 212 Å². The Morgan fingerprint density at radius 2 is 1.72 bits per heavy atom. The number of methoxy groups -OCH3 is 1. The maximum atomic E-state index is 5.26. The second-order valence-electron chi connectivity index (χ2n) is 8.93. The Hall–Kier alpha value is -1.26. The number of hydrogen-bond donors (Lipinski definition) is 2. The predicted octanol–water partition coefficient (Wildman–Crippen LogP) is 2.86. The van der Waals surface area contributed by atoms with E-state index in [1.54, 1.807) is 7.11 Å². The van der Waals surface area contributed by atoms with E-state index in [4.69, 9.17) is 4.74 Å². The molecule has 1 aromatic rings. The van der Waals surface area contributed by atoms with Crippen LogP contribution in [0.5, 0.6) is 5.75 Å². The monoisotopic (exact) mass is 558 g/mol. The maximum absolute atomic E-state index is 5.26. The average Bonchev–Trinajstić information content (AvgIpc) is 2.81. The van der Waals surface area contributed by atoms with Crippen LogP contribution in [-0.4, -0.2) is 94.4 Å². The number of likely N-dealkylation sites (tertiary alicyclic amines) is 1. The summed E-state index contributed by atoms with van der Waals surface area (Å²) in [4.78, 5) is 12.0. The molecule has 0 bridgehead atoms. The summed E-state index contributed by atoms with van der Waals surface area (Å²) < 4.78 is 5.26. The summed E-state index contributed by atoms with van der Waals surface area (Å²) in [5, 5.41) is 7.13. The van der Waals surface area contributed by atoms with Crippen molar-refractivity contribution in [3.63, 3.8) is 0 Å². The average molecular weight is 559 g/mol. The number of piperazine rings is 1. The molecule has 0 amide bonds. The van der Waals surface area contributed by atoms with Crippen molar-refractivity contribution < 1.29 is 4.74 Å². The third kappa shape index (κ3) is 8.26. The lowest BCUT2D eigenvalue weighted by Gasteiger charge is -2.36. The number of hydrogen-bond acceptors (Lipinski definition) is 5. The zero-order chi connectivity index (χ0) is 22.1. The molecule has 2 heterocycles. The van der Waals surface area contributed by atoms with Crippen LogP contribution in [0.15, 0.2) is 29.3 Å². The number of benzene rings is 1. The molecule has 2 aliphatic heterocycles. The van der Waals surface area contributed by atoms with Gasteiger partial charge in [0.25, 0.3) is 0 Å². The predicted molar refractivity (Wildman–Crippen MR) is 146 cm³/mol. The number of piperidine rings is 1. The van der Waals surface area contributed by atoms with Crippen molar-refractivity contribution >= 4 is 35.6 Å². The van der Waals surface area contributed by atoms with Crippen LogP contribution in [-0.2, 0) is 0 Å². The van der Waals surface area contributed by atoms with Crippen molar-refractivity contribution in [2.75, 3.05) is 71.4 Å². The lowest BCUT2D eigenvalue weighted by molar-refractivity contribution is 0.167. The number of ether oxygens (including phenoxy) is 1. The minimum absolute atomic E-state index is 0. The second-order valence-corrected chi connectivity index (χ2v) is 8.93. The molecular formula is C24H43IN6O. The van der Waals surface area contributed by atoms with Gasteiger partial charge >= 0.3 is 0 Å². The van der Waals surface area contributed by atoms with E-state index in [0.29, 0.717) is 12.1 Å². The Kier molecular flexibility index (Phi) is 11.9. The number of guanidine groups is 1. The van der Waals surface area contributed by atoms with Crippen LogP contribution in [0.1, 0.15) is 33.1 Å². The van der Waals surface area contributed by atoms with Crippen molar-refractivity contribution in [1.29, 1.82) is 0 Å². The Bertz CT molecular complexity index is 668. The third-order valence-corrected chi connectivity index (χ3v) is 6.58. The van der Waals surface area contributed by atoms with Crippen LogP contribution in [0, 0.1) is 0 Å². The van der Waals surface area contributed by atoms with Crippen molar-refractivity contribution in [3.8, 4) is 5.75 Å². The number of nitrogens with one attached hydrogen (secondary N) is 2. The van der Waals surface area contributed by atoms with E-state index < -0.39 is 0 Å². The first-order valence-corrected chi connectivity index (χ1v) is 11.9. The topological polar surface area (TPSA) is 55.4 Å². The highest BCUT2D eigenvalue weighted by Gasteiger charge is 2.21. The zero-order valence-corrected chi connectivity index (χ0v) is 22.7. The fourth-order valence-electron chi connectivity index (χ4n) is 4.48. The van der Waals surface area contributed by atoms with Gasteiger partial charge in [-0.1, -0.05) is 0 Å². The summed E-state index contributed by atoms with van der Waals surface area (Å²) in [5.74, 6) is 1.87. The Morgan fingerprint density at radius 3 is 2.28 bits per heavy atom. The van der Waals surface area contributed by atoms with Gasteiger partial charge in [-0.25, -0.2) is 0 Å². The highest BCUT2D eigenvalue weighted by atomic mass is 127. The third-order valence-electron chi connectivity index (χ3n) is 6.58. The van der Waals surface area contributed by atoms with E-state index in [9.17, 15) is 0 Å². The fourth-order valence-corrected chi connectivity index (χ4v) is 4.48. The molecule has 8 heteroatoms. The first-order valence-electron chi connectivity index (χ1n) is 11.9. The molecule has 7 nitrogen and oxygen atoms in total. The second kappa shape index (κ2) is 14.1. The molecule has 0 aliphatic carbocycles. The molecule has 32 heavy (non-hydrogen) atoms. The van der Waals surface area contributed by atoms with E-state index in [1.807, 2.05) is 19.2 Å². The highest BCUT2D eigenvalue weighted by molar-refractivity contribution is 14.0. The summed E-state index contributed by atoms with van der Waals surface area (Å²) in [5.41, 5.74) is 1.29. The summed E-state index contributed by atoms with van der Waals surface area (Å²) in [6.07, 6.45) is 3.52. The van der Waals surface area contributed by atoms with Crippen LogP contribution < -0.4 is 20.3 Å². The van der Waals surface area contributed by atoms with E-state index >= 15 is 0 Å². The molecule has 3 rings (SSSR count). The molecule has 0 atom stereocenters. The Morgan fingerprint density at radius 1 is 1.06 bits per heavy atom. The number of anilines is 1. The summed E-state index contributed by atoms with van der Waals surface area (Å²) >= 11 is 0. The number of rotatable bonds is 8. The van der Waals surface area contributed by atoms with Crippen molar-refractivity contribution in [1.82, 2.24) is 20.4 Å². The first kappa shape index (κ1) is 27.0. The lowest BCUT2D eigenvalue weighted by atomic mass is 10.0. The molecule has 0 radical (unpaired) electrons. The van der Waals surface area contributed by atoms with Crippen LogP contribution in [0.2, 0.25) is 0 Å². The van der Waals surface area contributed by atoms with Crippen molar-refractivity contribution in [2.45, 2.75) is 45.2 Å². The summed E-state index contributed by atoms with van der Waals surface area (Å²) in [6.45, 7) is 13.4. The van der Waals surface area contributed by atoms with Crippen molar-refractivity contribution in [3.05, 3.63) is 24.3 Å². The number of halogens is 1. The molecule has 2 saturated heterocycles. The van der Waals surface area contributed by atoms with E-state index in [0.717, 1.165) is 57.4 Å². The van der Waals surface area contributed by atoms with Crippen LogP contribution >= 0.6 is 24.0 Å². The SMILES string of the molecule is CN=C(NCCCN1CCN(c2ccc(OC)cc2)CC1)NC1CCN(C(C)C)CC1.I. The normalized spacial score (nSPS) is 19.0. The van der Waals surface area contributed by atoms with Gasteiger partial charge in [-0.15, -0.1) is 24.0 Å². The molecule has 182 valence electrons. The Balaban J connectivity index is 0.00000363. The molecule has 2 fully saturated rings. The number of aliphatic imine (C=N–C) groups is 1. The molecule has 0 spiro atoms. The van der Waals surface area contributed by atoms with E-state index in [-0.39, 0.29) is 24.0 Å². The summed E-state index contributed by atoms with van der Waals surface area (Å²) in [6, 6.07) is 9.58. The molecule has 0 unspecified atom stereocenters. The van der Waals surface area contributed by atoms with E-state index in [2.05, 4.69) is 56.3 Å². The summed E-state index contributed by atoms with van der Waals surface area (Å²) in [7, 11) is 3.58. The quantitative estimate of drug-likeness (QED) is 0.222. The van der Waals surface area contributed by atoms with Gasteiger partial charge < -0.3 is 25.2 Å². The van der Waals surface area contributed by atoms with Crippen molar-refractivity contribution in [2.24, 2.45) is 4.99 Å². The van der Waals surface area contributed by atoms with Crippen LogP contribution in [0.4, 0.5) is 5.69 Å². The molecule has 1 aromatic carbocycles. The van der Waals surface area contributed by atoms with Gasteiger partial charge in [-0.2, -0.15) is 0 Å². The molecule has 2 N–H and O–H groups in total. The largest absolute Gasteiger partial charge is 0.497 e. The van der Waals surface area contributed by atoms with Gasteiger partial charge in [0.15, 0.2) is 5.96 Å². The minimum Gasteiger partial charge on any atom is -0.497 e. The zero-order valence-electron chi connectivity index (χ0n) is 20.3. The van der Waals surface area contributed by atoms with Crippen LogP contribution in [0.3, 0.4) is 0 Å². The van der Waals surface area contributed by atoms with Gasteiger partial charge in [0, 0.05) is 70.6 Å². The van der Waals surface area contributed by atoms with E-state index in [1.165, 1.54) is 31.6 Å². The van der Waals surface area contributed by atoms with Gasteiger partial charge in [0.1, 0.15) is 5.75 Å². The van der Waals surface area contributed by atoms with Gasteiger partial charge in [0.05, 0.1) is 7.11 Å². The number of nitrogens with zero attached hydrogens (tertiary/aromatic N) is 4. The molecular weight excluding hydrogens is 515 g/mol. The van der Waals surface area contributed by atoms with Gasteiger partial charge in [0.2, 0.25) is 0 Å². The molecule has 0 saturated carbocycles. The molecule has 0 aromatic heterocycles. The first-order chi connectivity index (χ1) is 15.1. The smallest absolute Gasteiger partial charge is 0.191 e. The van der Waals surface area contributed by atoms with Gasteiger partial charge in [-0.3, -0.25) is 9.89 Å². The lowest BCUT2D eigenvalue weighted by Crippen LogP contribution is -2.50. The minimum atomic E-state index is 0. The highest BCUT2D eigenvalue weighted by Crippen LogP contribution is 2.20. The maximum Gasteiger partial charge on any atom is 0.191 e. The fraction of sp³-hybridized carbons (Fsp3) is 0.708. The van der Waals surface area contributed by atoms with Gasteiger partial charge in [-0.05, 0) is 63.9 Å². The standard InChI is InChI=1S/C24H42N6O.HI/c1-20(2)29-14-10-21(11-15-29)27-24(25-3)26-12-5-13-28-16-18-30(19-17-28)22-6-8-23(31-4)9-7-22;/h6-9,20-21H,5,10-19H2,1-4H3,(H2,25,26,27);1H. The van der Waals surface area contributed by atoms with Crippen LogP contribution in [0.25, 0.3) is 0 Å².